The monoisotopic (exact) mass is 571 g/mol. The molecular weight excluding hydrogens is 545 g/mol. The highest BCUT2D eigenvalue weighted by Crippen LogP contribution is 2.63. The van der Waals surface area contributed by atoms with Crippen LogP contribution in [-0.2, 0) is 49.5 Å². The second-order valence-electron chi connectivity index (χ2n) is 10.1. The Hall–Kier alpha value is -2.44. The molecule has 0 aliphatic heterocycles. The van der Waals surface area contributed by atoms with Gasteiger partial charge in [0.15, 0.2) is 0 Å². The van der Waals surface area contributed by atoms with Crippen molar-refractivity contribution in [2.75, 3.05) is 13.6 Å². The summed E-state index contributed by atoms with van der Waals surface area (Å²) in [4.78, 5) is 49.4. The normalized spacial score (nSPS) is 31.2. The lowest BCUT2D eigenvalue weighted by Gasteiger charge is -2.34. The predicted octanol–water partition coefficient (Wildman–Crippen LogP) is 1.72. The molecule has 3 N–H and O–H groups in total. The molecular formula is C25H27Cl2NO10. The minimum Gasteiger partial charge on any atom is -0.428 e. The molecule has 0 radical (unpaired) electrons. The number of carbonyl (C=O) groups excluding carboxylic acids is 4. The zero-order valence-corrected chi connectivity index (χ0v) is 21.7. The topological polar surface area (TPSA) is 161 Å². The van der Waals surface area contributed by atoms with Crippen LogP contribution in [0.4, 0.5) is 0 Å². The van der Waals surface area contributed by atoms with Crippen LogP contribution in [-0.4, -0.2) is 60.3 Å². The van der Waals surface area contributed by atoms with Crippen molar-refractivity contribution in [2.45, 2.75) is 50.0 Å². The molecule has 11 nitrogen and oxygen atoms in total. The second-order valence-corrected chi connectivity index (χ2v) is 11.0. The van der Waals surface area contributed by atoms with Crippen molar-refractivity contribution in [3.05, 3.63) is 33.8 Å². The number of hydrogen-bond acceptors (Lipinski definition) is 11. The van der Waals surface area contributed by atoms with E-state index in [2.05, 4.69) is 0 Å². The number of carbonyl (C=O) groups is 4. The summed E-state index contributed by atoms with van der Waals surface area (Å²) in [5, 5.41) is 11.7. The molecule has 4 aliphatic rings. The van der Waals surface area contributed by atoms with E-state index in [1.165, 1.54) is 0 Å². The largest absolute Gasteiger partial charge is 0.428 e. The summed E-state index contributed by atoms with van der Waals surface area (Å²) in [6.45, 7) is -1.31. The number of halogens is 2. The lowest BCUT2D eigenvalue weighted by molar-refractivity contribution is -0.180. The highest BCUT2D eigenvalue weighted by molar-refractivity contribution is 6.42. The van der Waals surface area contributed by atoms with E-state index in [0.29, 0.717) is 28.5 Å². The Morgan fingerprint density at radius 3 is 2.05 bits per heavy atom. The minimum atomic E-state index is -1.96. The lowest BCUT2D eigenvalue weighted by atomic mass is 9.87. The van der Waals surface area contributed by atoms with Gasteiger partial charge in [-0.15, -0.1) is 0 Å². The highest BCUT2D eigenvalue weighted by atomic mass is 35.5. The van der Waals surface area contributed by atoms with Crippen molar-refractivity contribution >= 4 is 47.1 Å². The average Bonchev–Trinajstić information content (AvgIpc) is 3.76. The summed E-state index contributed by atoms with van der Waals surface area (Å²) in [7, 11) is 0. The molecule has 6 atom stereocenters. The standard InChI is InChI=1S/C25H27Cl2NO10/c26-14-6-1-11(7-15(14)27)8-34-20-19(29)16-17(23(32)37-9-35-21(30)12-2-3-12)18(16)25(20,28)24(33)38-10-36-22(31)13-4-5-13/h1,6-7,12-13,16-20,29H,2-5,8-10,28H2/t16?,17-,18-,19-,20+,25+/m0/s1. The molecule has 4 aliphatic carbocycles. The van der Waals surface area contributed by atoms with Crippen LogP contribution in [0, 0.1) is 29.6 Å². The third-order valence-corrected chi connectivity index (χ3v) is 8.20. The van der Waals surface area contributed by atoms with E-state index in [-0.39, 0.29) is 18.4 Å². The molecule has 1 aromatic carbocycles. The zero-order chi connectivity index (χ0) is 27.2. The molecule has 38 heavy (non-hydrogen) atoms. The van der Waals surface area contributed by atoms with Gasteiger partial charge < -0.3 is 34.5 Å². The van der Waals surface area contributed by atoms with Crippen LogP contribution in [0.5, 0.6) is 0 Å². The van der Waals surface area contributed by atoms with Crippen LogP contribution in [0.15, 0.2) is 18.2 Å². The first kappa shape index (κ1) is 27.1. The number of rotatable bonds is 11. The summed E-state index contributed by atoms with van der Waals surface area (Å²) in [5.74, 6) is -5.63. The fourth-order valence-electron chi connectivity index (χ4n) is 5.04. The number of ether oxygens (including phenoxy) is 5. The molecule has 0 heterocycles. The Bertz CT molecular complexity index is 1140. The zero-order valence-electron chi connectivity index (χ0n) is 20.2. The molecule has 1 aromatic rings. The number of hydrogen-bond donors (Lipinski definition) is 2. The number of benzene rings is 1. The van der Waals surface area contributed by atoms with Crippen molar-refractivity contribution < 1.29 is 48.0 Å². The molecule has 0 aromatic heterocycles. The molecule has 4 saturated carbocycles. The molecule has 0 saturated heterocycles. The maximum atomic E-state index is 13.2. The summed E-state index contributed by atoms with van der Waals surface area (Å²) < 4.78 is 26.0. The van der Waals surface area contributed by atoms with E-state index >= 15 is 0 Å². The SMILES string of the molecule is N[C@@]1(C(=O)OCOC(=O)C2CC2)[C@H](OCc2ccc(Cl)c(Cl)c2)[C@@H](O)C2[C@H](C(=O)OCOC(=O)C3CC3)[C@H]21. The average molecular weight is 572 g/mol. The quantitative estimate of drug-likeness (QED) is 0.294. The fourth-order valence-corrected chi connectivity index (χ4v) is 5.36. The van der Waals surface area contributed by atoms with Gasteiger partial charge in [-0.2, -0.15) is 0 Å². The maximum Gasteiger partial charge on any atom is 0.332 e. The molecule has 206 valence electrons. The minimum absolute atomic E-state index is 0.0762. The fraction of sp³-hybridized carbons (Fsp3) is 0.600. The molecule has 4 fully saturated rings. The highest BCUT2D eigenvalue weighted by Gasteiger charge is 2.79. The number of esters is 4. The van der Waals surface area contributed by atoms with Crippen LogP contribution in [0.3, 0.4) is 0 Å². The summed E-state index contributed by atoms with van der Waals surface area (Å²) in [6.07, 6.45) is 0.338. The Balaban J connectivity index is 1.25. The summed E-state index contributed by atoms with van der Waals surface area (Å²) >= 11 is 12.0. The van der Waals surface area contributed by atoms with E-state index in [1.807, 2.05) is 0 Å². The van der Waals surface area contributed by atoms with Gasteiger partial charge in [-0.05, 0) is 43.4 Å². The molecule has 0 bridgehead atoms. The summed E-state index contributed by atoms with van der Waals surface area (Å²) in [6, 6.07) is 4.81. The van der Waals surface area contributed by atoms with E-state index in [4.69, 9.17) is 52.6 Å². The van der Waals surface area contributed by atoms with Gasteiger partial charge in [0.1, 0.15) is 11.6 Å². The first-order valence-electron chi connectivity index (χ1n) is 12.3. The first-order chi connectivity index (χ1) is 18.1. The van der Waals surface area contributed by atoms with E-state index < -0.39 is 73.0 Å². The van der Waals surface area contributed by atoms with Gasteiger partial charge in [0.25, 0.3) is 0 Å². The third kappa shape index (κ3) is 5.35. The van der Waals surface area contributed by atoms with Crippen molar-refractivity contribution in [2.24, 2.45) is 35.3 Å². The number of aliphatic hydroxyl groups excluding tert-OH is 1. The Morgan fingerprint density at radius 2 is 1.47 bits per heavy atom. The maximum absolute atomic E-state index is 13.2. The number of aliphatic hydroxyl groups is 1. The van der Waals surface area contributed by atoms with E-state index in [0.717, 1.165) is 12.8 Å². The van der Waals surface area contributed by atoms with Crippen LogP contribution in [0.2, 0.25) is 10.0 Å². The van der Waals surface area contributed by atoms with Gasteiger partial charge in [-0.25, -0.2) is 4.79 Å². The van der Waals surface area contributed by atoms with Gasteiger partial charge in [0, 0.05) is 11.8 Å². The van der Waals surface area contributed by atoms with Crippen LogP contribution >= 0.6 is 23.2 Å². The number of fused-ring (bicyclic) bond motifs is 1. The van der Waals surface area contributed by atoms with Crippen molar-refractivity contribution in [1.29, 1.82) is 0 Å². The Kier molecular flexibility index (Phi) is 7.58. The van der Waals surface area contributed by atoms with E-state index in [9.17, 15) is 24.3 Å². The first-order valence-corrected chi connectivity index (χ1v) is 13.1. The molecule has 5 rings (SSSR count). The second kappa shape index (κ2) is 10.6. The van der Waals surface area contributed by atoms with Crippen LogP contribution in [0.1, 0.15) is 31.2 Å². The Labute approximate surface area is 227 Å². The van der Waals surface area contributed by atoms with Crippen molar-refractivity contribution in [3.8, 4) is 0 Å². The smallest absolute Gasteiger partial charge is 0.332 e. The lowest BCUT2D eigenvalue weighted by Crippen LogP contribution is -2.62. The van der Waals surface area contributed by atoms with Crippen LogP contribution in [0.25, 0.3) is 0 Å². The molecule has 13 heteroatoms. The predicted molar refractivity (Wildman–Crippen MR) is 128 cm³/mol. The van der Waals surface area contributed by atoms with Crippen molar-refractivity contribution in [3.63, 3.8) is 0 Å². The third-order valence-electron chi connectivity index (χ3n) is 7.46. The van der Waals surface area contributed by atoms with Gasteiger partial charge in [0.2, 0.25) is 13.6 Å². The van der Waals surface area contributed by atoms with Gasteiger partial charge >= 0.3 is 23.9 Å². The van der Waals surface area contributed by atoms with Gasteiger partial charge in [0.05, 0.1) is 40.5 Å². The van der Waals surface area contributed by atoms with Crippen LogP contribution < -0.4 is 5.73 Å². The Morgan fingerprint density at radius 1 is 0.895 bits per heavy atom. The number of nitrogens with two attached hydrogens (primary N) is 1. The summed E-state index contributed by atoms with van der Waals surface area (Å²) in [5.41, 5.74) is 5.19. The molecule has 1 unspecified atom stereocenters. The molecule has 0 spiro atoms. The van der Waals surface area contributed by atoms with Gasteiger partial charge in [-0.1, -0.05) is 29.3 Å². The van der Waals surface area contributed by atoms with Gasteiger partial charge in [-0.3, -0.25) is 14.4 Å². The molecule has 0 amide bonds. The van der Waals surface area contributed by atoms with Crippen molar-refractivity contribution in [1.82, 2.24) is 0 Å². The van der Waals surface area contributed by atoms with E-state index in [1.54, 1.807) is 18.2 Å².